The first-order chi connectivity index (χ1) is 14.1. The molecule has 2 aromatic carbocycles. The van der Waals surface area contributed by atoms with Gasteiger partial charge < -0.3 is 15.4 Å². The van der Waals surface area contributed by atoms with Crippen molar-refractivity contribution in [2.45, 2.75) is 32.4 Å². The number of hydrogen-bond donors (Lipinski definition) is 2. The molecular formula is C23H29N3O3. The second kappa shape index (κ2) is 10.1. The van der Waals surface area contributed by atoms with Gasteiger partial charge in [0.05, 0.1) is 13.2 Å². The maximum atomic E-state index is 12.7. The molecule has 6 nitrogen and oxygen atoms in total. The molecule has 1 atom stereocenters. The molecule has 1 aliphatic rings. The molecule has 1 heterocycles. The summed E-state index contributed by atoms with van der Waals surface area (Å²) in [5.41, 5.74) is 2.72. The molecule has 2 N–H and O–H groups in total. The lowest BCUT2D eigenvalue weighted by Gasteiger charge is -2.28. The molecule has 0 saturated carbocycles. The van der Waals surface area contributed by atoms with E-state index in [1.54, 1.807) is 19.2 Å². The predicted molar refractivity (Wildman–Crippen MR) is 113 cm³/mol. The maximum Gasteiger partial charge on any atom is 0.251 e. The van der Waals surface area contributed by atoms with Crippen molar-refractivity contribution in [1.29, 1.82) is 0 Å². The maximum absolute atomic E-state index is 12.7. The molecule has 3 rings (SSSR count). The number of rotatable bonds is 8. The van der Waals surface area contributed by atoms with Crippen LogP contribution in [0.5, 0.6) is 5.75 Å². The number of nitrogens with one attached hydrogen (secondary N) is 2. The van der Waals surface area contributed by atoms with Gasteiger partial charge in [0, 0.05) is 25.6 Å². The highest BCUT2D eigenvalue weighted by Crippen LogP contribution is 2.27. The molecule has 0 spiro atoms. The number of hydrogen-bond acceptors (Lipinski definition) is 4. The van der Waals surface area contributed by atoms with Crippen LogP contribution in [0.15, 0.2) is 48.5 Å². The van der Waals surface area contributed by atoms with Gasteiger partial charge in [0.25, 0.3) is 5.91 Å². The Balaban J connectivity index is 1.65. The molecule has 1 fully saturated rings. The molecule has 29 heavy (non-hydrogen) atoms. The van der Waals surface area contributed by atoms with Gasteiger partial charge >= 0.3 is 0 Å². The van der Waals surface area contributed by atoms with Crippen LogP contribution in [0, 0.1) is 0 Å². The summed E-state index contributed by atoms with van der Waals surface area (Å²) in [5.74, 6) is 0.660. The van der Waals surface area contributed by atoms with Crippen molar-refractivity contribution in [2.75, 3.05) is 26.7 Å². The molecule has 2 aromatic rings. The Hall–Kier alpha value is -2.86. The lowest BCUT2D eigenvalue weighted by atomic mass is 10.0. The highest BCUT2D eigenvalue weighted by atomic mass is 16.5. The standard InChI is InChI=1S/C23H29N3O3/c1-17(27)24-15-18-8-10-19(11-9-18)23(28)25-16-22(26-12-3-4-13-26)20-6-5-7-21(14-20)29-2/h5-11,14,22H,3-4,12-13,15-16H2,1-2H3,(H,24,27)(H,25,28). The van der Waals surface area contributed by atoms with E-state index in [1.807, 2.05) is 30.3 Å². The number of likely N-dealkylation sites (tertiary alicyclic amines) is 1. The molecule has 0 aromatic heterocycles. The Labute approximate surface area is 172 Å². The van der Waals surface area contributed by atoms with E-state index in [0.717, 1.165) is 30.0 Å². The van der Waals surface area contributed by atoms with Crippen LogP contribution < -0.4 is 15.4 Å². The Kier molecular flexibility index (Phi) is 7.25. The SMILES string of the molecule is COc1cccc(C(CNC(=O)c2ccc(CNC(C)=O)cc2)N2CCCC2)c1. The lowest BCUT2D eigenvalue weighted by molar-refractivity contribution is -0.119. The quantitative estimate of drug-likeness (QED) is 0.721. The smallest absolute Gasteiger partial charge is 0.251 e. The molecule has 6 heteroatoms. The molecule has 0 bridgehead atoms. The summed E-state index contributed by atoms with van der Waals surface area (Å²) in [5, 5.41) is 5.84. The Morgan fingerprint density at radius 3 is 2.45 bits per heavy atom. The second-order valence-electron chi connectivity index (χ2n) is 7.35. The van der Waals surface area contributed by atoms with Crippen molar-refractivity contribution in [2.24, 2.45) is 0 Å². The third kappa shape index (κ3) is 5.81. The Morgan fingerprint density at radius 2 is 1.79 bits per heavy atom. The van der Waals surface area contributed by atoms with Gasteiger partial charge in [-0.3, -0.25) is 14.5 Å². The summed E-state index contributed by atoms with van der Waals surface area (Å²) in [6.45, 7) is 4.57. The van der Waals surface area contributed by atoms with E-state index in [2.05, 4.69) is 21.6 Å². The minimum atomic E-state index is -0.0943. The molecule has 1 unspecified atom stereocenters. The van der Waals surface area contributed by atoms with Crippen LogP contribution in [-0.2, 0) is 11.3 Å². The zero-order chi connectivity index (χ0) is 20.6. The minimum absolute atomic E-state index is 0.0719. The number of carbonyl (C=O) groups is 2. The van der Waals surface area contributed by atoms with E-state index >= 15 is 0 Å². The zero-order valence-corrected chi connectivity index (χ0v) is 17.1. The third-order valence-corrected chi connectivity index (χ3v) is 5.27. The summed E-state index contributed by atoms with van der Waals surface area (Å²) in [6.07, 6.45) is 2.37. The second-order valence-corrected chi connectivity index (χ2v) is 7.35. The zero-order valence-electron chi connectivity index (χ0n) is 17.1. The van der Waals surface area contributed by atoms with Crippen LogP contribution in [0.1, 0.15) is 47.3 Å². The summed E-state index contributed by atoms with van der Waals surface area (Å²) in [7, 11) is 1.67. The van der Waals surface area contributed by atoms with Gasteiger partial charge in [0.2, 0.25) is 5.91 Å². The molecule has 1 saturated heterocycles. The summed E-state index contributed by atoms with van der Waals surface area (Å²) in [6, 6.07) is 15.5. The third-order valence-electron chi connectivity index (χ3n) is 5.27. The van der Waals surface area contributed by atoms with Crippen LogP contribution >= 0.6 is 0 Å². The topological polar surface area (TPSA) is 70.7 Å². The van der Waals surface area contributed by atoms with Crippen molar-refractivity contribution in [3.63, 3.8) is 0 Å². The van der Waals surface area contributed by atoms with Crippen LogP contribution in [0.2, 0.25) is 0 Å². The number of amides is 2. The van der Waals surface area contributed by atoms with Crippen molar-refractivity contribution >= 4 is 11.8 Å². The number of nitrogens with zero attached hydrogens (tertiary/aromatic N) is 1. The number of carbonyl (C=O) groups excluding carboxylic acids is 2. The summed E-state index contributed by atoms with van der Waals surface area (Å²) < 4.78 is 5.38. The normalized spacial score (nSPS) is 15.0. The fourth-order valence-corrected chi connectivity index (χ4v) is 3.65. The molecular weight excluding hydrogens is 366 g/mol. The van der Waals surface area contributed by atoms with E-state index in [1.165, 1.54) is 19.8 Å². The van der Waals surface area contributed by atoms with Crippen LogP contribution in [0.25, 0.3) is 0 Å². The fourth-order valence-electron chi connectivity index (χ4n) is 3.65. The predicted octanol–water partition coefficient (Wildman–Crippen LogP) is 2.90. The van der Waals surface area contributed by atoms with Crippen molar-refractivity contribution < 1.29 is 14.3 Å². The highest BCUT2D eigenvalue weighted by Gasteiger charge is 2.24. The van der Waals surface area contributed by atoms with Gasteiger partial charge in [-0.15, -0.1) is 0 Å². The molecule has 154 valence electrons. The minimum Gasteiger partial charge on any atom is -0.497 e. The van der Waals surface area contributed by atoms with Gasteiger partial charge in [0.15, 0.2) is 0 Å². The van der Waals surface area contributed by atoms with Gasteiger partial charge in [-0.25, -0.2) is 0 Å². The summed E-state index contributed by atoms with van der Waals surface area (Å²) in [4.78, 5) is 26.1. The Bertz CT molecular complexity index is 830. The summed E-state index contributed by atoms with van der Waals surface area (Å²) >= 11 is 0. The average molecular weight is 396 g/mol. The van der Waals surface area contributed by atoms with Crippen LogP contribution in [0.3, 0.4) is 0 Å². The molecule has 0 aliphatic carbocycles. The Morgan fingerprint density at radius 1 is 1.07 bits per heavy atom. The average Bonchev–Trinajstić information content (AvgIpc) is 3.27. The van der Waals surface area contributed by atoms with Crippen LogP contribution in [0.4, 0.5) is 0 Å². The largest absolute Gasteiger partial charge is 0.497 e. The number of benzene rings is 2. The van der Waals surface area contributed by atoms with Gasteiger partial charge in [-0.05, 0) is 61.3 Å². The van der Waals surface area contributed by atoms with E-state index < -0.39 is 0 Å². The first-order valence-corrected chi connectivity index (χ1v) is 10.1. The van der Waals surface area contributed by atoms with E-state index in [4.69, 9.17) is 4.74 Å². The van der Waals surface area contributed by atoms with E-state index in [0.29, 0.717) is 18.7 Å². The van der Waals surface area contributed by atoms with Crippen molar-refractivity contribution in [3.8, 4) is 5.75 Å². The first-order valence-electron chi connectivity index (χ1n) is 10.1. The first kappa shape index (κ1) is 20.9. The number of methoxy groups -OCH3 is 1. The van der Waals surface area contributed by atoms with Gasteiger partial charge in [0.1, 0.15) is 5.75 Å². The molecule has 2 amide bonds. The van der Waals surface area contributed by atoms with Crippen molar-refractivity contribution in [3.05, 3.63) is 65.2 Å². The monoisotopic (exact) mass is 395 g/mol. The lowest BCUT2D eigenvalue weighted by Crippen LogP contribution is -2.36. The van der Waals surface area contributed by atoms with Gasteiger partial charge in [-0.1, -0.05) is 24.3 Å². The van der Waals surface area contributed by atoms with E-state index in [-0.39, 0.29) is 17.9 Å². The van der Waals surface area contributed by atoms with Crippen LogP contribution in [-0.4, -0.2) is 43.5 Å². The molecule has 1 aliphatic heterocycles. The highest BCUT2D eigenvalue weighted by molar-refractivity contribution is 5.94. The van der Waals surface area contributed by atoms with E-state index in [9.17, 15) is 9.59 Å². The number of ether oxygens (including phenoxy) is 1. The van der Waals surface area contributed by atoms with Gasteiger partial charge in [-0.2, -0.15) is 0 Å². The molecule has 0 radical (unpaired) electrons. The fraction of sp³-hybridized carbons (Fsp3) is 0.391. The van der Waals surface area contributed by atoms with Crippen molar-refractivity contribution in [1.82, 2.24) is 15.5 Å².